The highest BCUT2D eigenvalue weighted by Gasteiger charge is 2.10. The summed E-state index contributed by atoms with van der Waals surface area (Å²) in [5, 5.41) is 3.84. The molecule has 0 atom stereocenters. The zero-order valence-electron chi connectivity index (χ0n) is 13.7. The second-order valence-electron chi connectivity index (χ2n) is 5.76. The number of ether oxygens (including phenoxy) is 1. The normalized spacial score (nSPS) is 11.1. The molecule has 0 aliphatic heterocycles. The third kappa shape index (κ3) is 5.21. The van der Waals surface area contributed by atoms with Crippen LogP contribution in [0.15, 0.2) is 36.5 Å². The van der Waals surface area contributed by atoms with Gasteiger partial charge in [-0.15, -0.1) is 0 Å². The maximum Gasteiger partial charge on any atom is 0.231 e. The van der Waals surface area contributed by atoms with Gasteiger partial charge in [-0.2, -0.15) is 0 Å². The molecule has 1 aromatic heterocycles. The van der Waals surface area contributed by atoms with Crippen LogP contribution in [-0.2, 0) is 9.53 Å². The molecule has 23 heavy (non-hydrogen) atoms. The van der Waals surface area contributed by atoms with Crippen LogP contribution in [0.5, 0.6) is 0 Å². The predicted molar refractivity (Wildman–Crippen MR) is 90.5 cm³/mol. The summed E-state index contributed by atoms with van der Waals surface area (Å²) < 4.78 is 7.01. The zero-order chi connectivity index (χ0) is 16.7. The average molecular weight is 316 g/mol. The van der Waals surface area contributed by atoms with E-state index in [1.165, 1.54) is 0 Å². The smallest absolute Gasteiger partial charge is 0.231 e. The summed E-state index contributed by atoms with van der Waals surface area (Å²) in [5.41, 5.74) is 0.878. The monoisotopic (exact) mass is 316 g/mol. The minimum absolute atomic E-state index is 0.0653. The molecule has 0 aliphatic carbocycles. The van der Waals surface area contributed by atoms with Gasteiger partial charge in [0.15, 0.2) is 0 Å². The minimum Gasteiger partial charge on any atom is -0.379 e. The van der Waals surface area contributed by atoms with Gasteiger partial charge < -0.3 is 10.1 Å². The molecular formula is C18H24N2O3. The van der Waals surface area contributed by atoms with Crippen molar-refractivity contribution in [3.05, 3.63) is 36.5 Å². The number of carbonyl (C=O) groups is 2. The lowest BCUT2D eigenvalue weighted by atomic mass is 10.2. The lowest BCUT2D eigenvalue weighted by Gasteiger charge is -2.08. The molecule has 5 heteroatoms. The standard InChI is InChI=1S/C18H24N2O3/c1-14(2)23-13-5-11-19-17(21)8-9-18(22)20-12-10-15-6-3-4-7-16(15)20/h3-4,6-7,10,12,14H,5,8-9,11,13H2,1-2H3,(H,19,21). The Morgan fingerprint density at radius 3 is 2.74 bits per heavy atom. The van der Waals surface area contributed by atoms with Gasteiger partial charge in [0.05, 0.1) is 11.6 Å². The summed E-state index contributed by atoms with van der Waals surface area (Å²) in [6.45, 7) is 5.17. The Morgan fingerprint density at radius 1 is 1.17 bits per heavy atom. The van der Waals surface area contributed by atoms with Gasteiger partial charge in [-0.25, -0.2) is 0 Å². The van der Waals surface area contributed by atoms with E-state index in [0.717, 1.165) is 17.3 Å². The number of fused-ring (bicyclic) bond motifs is 1. The molecule has 0 unspecified atom stereocenters. The van der Waals surface area contributed by atoms with Gasteiger partial charge >= 0.3 is 0 Å². The molecular weight excluding hydrogens is 292 g/mol. The lowest BCUT2D eigenvalue weighted by Crippen LogP contribution is -2.26. The van der Waals surface area contributed by atoms with Crippen LogP contribution in [-0.4, -0.2) is 35.6 Å². The SMILES string of the molecule is CC(C)OCCCNC(=O)CCC(=O)n1ccc2ccccc21. The Labute approximate surface area is 136 Å². The highest BCUT2D eigenvalue weighted by atomic mass is 16.5. The van der Waals surface area contributed by atoms with Gasteiger partial charge in [-0.1, -0.05) is 18.2 Å². The number of rotatable bonds is 8. The first-order chi connectivity index (χ1) is 11.1. The van der Waals surface area contributed by atoms with Crippen molar-refractivity contribution >= 4 is 22.7 Å². The van der Waals surface area contributed by atoms with Crippen LogP contribution >= 0.6 is 0 Å². The van der Waals surface area contributed by atoms with Gasteiger partial charge in [0.25, 0.3) is 0 Å². The number of hydrogen-bond donors (Lipinski definition) is 1. The zero-order valence-corrected chi connectivity index (χ0v) is 13.7. The van der Waals surface area contributed by atoms with E-state index in [1.807, 2.05) is 44.2 Å². The van der Waals surface area contributed by atoms with E-state index in [0.29, 0.717) is 13.2 Å². The summed E-state index contributed by atoms with van der Waals surface area (Å²) in [6.07, 6.45) is 3.15. The van der Waals surface area contributed by atoms with E-state index in [9.17, 15) is 9.59 Å². The topological polar surface area (TPSA) is 60.3 Å². The fourth-order valence-electron chi connectivity index (χ4n) is 2.35. The number of hydrogen-bond acceptors (Lipinski definition) is 3. The summed E-state index contributed by atoms with van der Waals surface area (Å²) in [5.74, 6) is -0.163. The van der Waals surface area contributed by atoms with E-state index in [-0.39, 0.29) is 30.8 Å². The number of para-hydroxylation sites is 1. The Bertz CT molecular complexity index is 661. The average Bonchev–Trinajstić information content (AvgIpc) is 2.96. The molecule has 2 rings (SSSR count). The van der Waals surface area contributed by atoms with Gasteiger partial charge in [0, 0.05) is 37.6 Å². The van der Waals surface area contributed by atoms with Crippen LogP contribution in [0.2, 0.25) is 0 Å². The molecule has 0 aliphatic rings. The van der Waals surface area contributed by atoms with Crippen molar-refractivity contribution in [2.75, 3.05) is 13.2 Å². The molecule has 0 radical (unpaired) electrons. The van der Waals surface area contributed by atoms with Crippen molar-refractivity contribution in [1.82, 2.24) is 9.88 Å². The van der Waals surface area contributed by atoms with Crippen LogP contribution in [0.4, 0.5) is 0 Å². The Balaban J connectivity index is 1.73. The third-order valence-electron chi connectivity index (χ3n) is 3.53. The number of amides is 1. The summed E-state index contributed by atoms with van der Waals surface area (Å²) in [7, 11) is 0. The quantitative estimate of drug-likeness (QED) is 0.762. The van der Waals surface area contributed by atoms with E-state index < -0.39 is 0 Å². The molecule has 124 valence electrons. The molecule has 0 saturated heterocycles. The van der Waals surface area contributed by atoms with Crippen LogP contribution < -0.4 is 5.32 Å². The van der Waals surface area contributed by atoms with Crippen LogP contribution in [0.1, 0.15) is 37.9 Å². The molecule has 1 N–H and O–H groups in total. The van der Waals surface area contributed by atoms with E-state index in [2.05, 4.69) is 5.32 Å². The third-order valence-corrected chi connectivity index (χ3v) is 3.53. The van der Waals surface area contributed by atoms with Gasteiger partial charge in [-0.3, -0.25) is 14.2 Å². The first-order valence-corrected chi connectivity index (χ1v) is 8.05. The van der Waals surface area contributed by atoms with Crippen molar-refractivity contribution in [2.45, 2.75) is 39.2 Å². The minimum atomic E-state index is -0.0978. The molecule has 0 spiro atoms. The number of nitrogens with one attached hydrogen (secondary N) is 1. The number of nitrogens with zero attached hydrogens (tertiary/aromatic N) is 1. The second-order valence-corrected chi connectivity index (χ2v) is 5.76. The van der Waals surface area contributed by atoms with E-state index in [1.54, 1.807) is 10.8 Å². The maximum absolute atomic E-state index is 12.2. The van der Waals surface area contributed by atoms with Crippen LogP contribution in [0.25, 0.3) is 10.9 Å². The Hall–Kier alpha value is -2.14. The summed E-state index contributed by atoms with van der Waals surface area (Å²) in [6, 6.07) is 9.61. The lowest BCUT2D eigenvalue weighted by molar-refractivity contribution is -0.121. The molecule has 0 fully saturated rings. The maximum atomic E-state index is 12.2. The molecule has 0 saturated carbocycles. The second kappa shape index (κ2) is 8.48. The fourth-order valence-corrected chi connectivity index (χ4v) is 2.35. The molecule has 1 heterocycles. The Kier molecular flexibility index (Phi) is 6.35. The molecule has 1 amide bonds. The van der Waals surface area contributed by atoms with Crippen molar-refractivity contribution in [2.24, 2.45) is 0 Å². The first kappa shape index (κ1) is 17.2. The number of carbonyl (C=O) groups excluding carboxylic acids is 2. The molecule has 2 aromatic rings. The number of aromatic nitrogens is 1. The van der Waals surface area contributed by atoms with Crippen molar-refractivity contribution < 1.29 is 14.3 Å². The summed E-state index contributed by atoms with van der Waals surface area (Å²) in [4.78, 5) is 24.0. The van der Waals surface area contributed by atoms with Crippen molar-refractivity contribution in [3.8, 4) is 0 Å². The van der Waals surface area contributed by atoms with Crippen molar-refractivity contribution in [3.63, 3.8) is 0 Å². The van der Waals surface area contributed by atoms with E-state index >= 15 is 0 Å². The molecule has 5 nitrogen and oxygen atoms in total. The highest BCUT2D eigenvalue weighted by molar-refractivity contribution is 5.93. The molecule has 0 bridgehead atoms. The van der Waals surface area contributed by atoms with Crippen LogP contribution in [0, 0.1) is 0 Å². The number of benzene rings is 1. The van der Waals surface area contributed by atoms with Gasteiger partial charge in [0.2, 0.25) is 11.8 Å². The predicted octanol–water partition coefficient (Wildman–Crippen LogP) is 2.99. The highest BCUT2D eigenvalue weighted by Crippen LogP contribution is 2.15. The molecule has 1 aromatic carbocycles. The van der Waals surface area contributed by atoms with Crippen molar-refractivity contribution in [1.29, 1.82) is 0 Å². The van der Waals surface area contributed by atoms with Gasteiger partial charge in [-0.05, 0) is 32.4 Å². The van der Waals surface area contributed by atoms with E-state index in [4.69, 9.17) is 4.74 Å². The van der Waals surface area contributed by atoms with Gasteiger partial charge in [0.1, 0.15) is 0 Å². The van der Waals surface area contributed by atoms with Crippen LogP contribution in [0.3, 0.4) is 0 Å². The Morgan fingerprint density at radius 2 is 1.96 bits per heavy atom. The largest absolute Gasteiger partial charge is 0.379 e. The first-order valence-electron chi connectivity index (χ1n) is 8.05. The fraction of sp³-hybridized carbons (Fsp3) is 0.444. The summed E-state index contributed by atoms with van der Waals surface area (Å²) >= 11 is 0.